The number of benzene rings is 10. The van der Waals surface area contributed by atoms with Gasteiger partial charge in [0.25, 0.3) is 0 Å². The summed E-state index contributed by atoms with van der Waals surface area (Å²) in [5.41, 5.74) is 19.9. The summed E-state index contributed by atoms with van der Waals surface area (Å²) < 4.78 is 6.64. The van der Waals surface area contributed by atoms with Crippen molar-refractivity contribution in [3.05, 3.63) is 247 Å². The van der Waals surface area contributed by atoms with E-state index in [4.69, 9.17) is 4.42 Å². The maximum atomic E-state index is 6.64. The van der Waals surface area contributed by atoms with Gasteiger partial charge in [0, 0.05) is 27.4 Å². The quantitative estimate of drug-likeness (QED) is 0.173. The molecule has 0 unspecified atom stereocenters. The van der Waals surface area contributed by atoms with E-state index < -0.39 is 5.41 Å². The summed E-state index contributed by atoms with van der Waals surface area (Å²) in [6.07, 6.45) is 0. The van der Waals surface area contributed by atoms with E-state index in [2.05, 4.69) is 229 Å². The van der Waals surface area contributed by atoms with Gasteiger partial charge in [0.05, 0.1) is 16.8 Å². The highest BCUT2D eigenvalue weighted by Crippen LogP contribution is 2.64. The maximum absolute atomic E-state index is 6.64. The molecule has 11 aromatic rings. The summed E-state index contributed by atoms with van der Waals surface area (Å²) in [6, 6.07) is 82.2. The molecule has 0 saturated heterocycles. The molecule has 2 heteroatoms. The average molecular weight is 776 g/mol. The second-order valence-electron chi connectivity index (χ2n) is 16.3. The zero-order valence-corrected chi connectivity index (χ0v) is 33.2. The van der Waals surface area contributed by atoms with Gasteiger partial charge in [-0.3, -0.25) is 0 Å². The lowest BCUT2D eigenvalue weighted by Crippen LogP contribution is -2.26. The van der Waals surface area contributed by atoms with Gasteiger partial charge in [-0.25, -0.2) is 0 Å². The van der Waals surface area contributed by atoms with E-state index in [9.17, 15) is 0 Å². The molecule has 0 fully saturated rings. The zero-order valence-electron chi connectivity index (χ0n) is 33.2. The van der Waals surface area contributed by atoms with E-state index in [1.807, 2.05) is 0 Å². The van der Waals surface area contributed by atoms with Crippen LogP contribution in [0, 0.1) is 0 Å². The van der Waals surface area contributed by atoms with Crippen LogP contribution in [0.5, 0.6) is 0 Å². The molecule has 1 heterocycles. The van der Waals surface area contributed by atoms with Gasteiger partial charge >= 0.3 is 0 Å². The Labute approximate surface area is 354 Å². The van der Waals surface area contributed by atoms with Crippen molar-refractivity contribution in [1.29, 1.82) is 0 Å². The third-order valence-electron chi connectivity index (χ3n) is 13.3. The summed E-state index contributed by atoms with van der Waals surface area (Å²) in [5, 5.41) is 4.57. The highest BCUT2D eigenvalue weighted by molar-refractivity contribution is 6.22. The van der Waals surface area contributed by atoms with E-state index in [0.717, 1.165) is 55.3 Å². The van der Waals surface area contributed by atoms with Gasteiger partial charge < -0.3 is 9.32 Å². The fourth-order valence-electron chi connectivity index (χ4n) is 10.8. The third kappa shape index (κ3) is 4.79. The molecule has 61 heavy (non-hydrogen) atoms. The molecule has 0 atom stereocenters. The number of fused-ring (bicyclic) bond motifs is 15. The smallest absolute Gasteiger partial charge is 0.136 e. The predicted octanol–water partition coefficient (Wildman–Crippen LogP) is 15.9. The number of rotatable bonds is 5. The van der Waals surface area contributed by atoms with Crippen molar-refractivity contribution in [2.45, 2.75) is 5.41 Å². The second-order valence-corrected chi connectivity index (χ2v) is 16.3. The summed E-state index contributed by atoms with van der Waals surface area (Å²) in [7, 11) is 0. The third-order valence-corrected chi connectivity index (χ3v) is 13.3. The number of hydrogen-bond acceptors (Lipinski definition) is 2. The molecule has 2 nitrogen and oxygen atoms in total. The van der Waals surface area contributed by atoms with Crippen LogP contribution in [0.4, 0.5) is 17.1 Å². The SMILES string of the molecule is c1ccc(-c2ccc(N(c3cccc4c3-c3ccccc3C43c4ccccc4-c4ccccc43)c3cccc4c3ccc3oc5cc(-c6ccccc6)ccc5c34)cc2)cc1. The van der Waals surface area contributed by atoms with E-state index >= 15 is 0 Å². The minimum absolute atomic E-state index is 0.447. The Bertz CT molecular complexity index is 3480. The van der Waals surface area contributed by atoms with Gasteiger partial charge in [0.15, 0.2) is 0 Å². The van der Waals surface area contributed by atoms with Gasteiger partial charge in [-0.05, 0) is 115 Å². The summed E-state index contributed by atoms with van der Waals surface area (Å²) in [4.78, 5) is 2.50. The van der Waals surface area contributed by atoms with Crippen LogP contribution in [-0.2, 0) is 5.41 Å². The van der Waals surface area contributed by atoms with Crippen molar-refractivity contribution in [2.24, 2.45) is 0 Å². The molecule has 13 rings (SSSR count). The summed E-state index contributed by atoms with van der Waals surface area (Å²) in [5.74, 6) is 0. The first kappa shape index (κ1) is 34.0. The van der Waals surface area contributed by atoms with E-state index in [0.29, 0.717) is 0 Å². The molecule has 0 N–H and O–H groups in total. The first-order valence-corrected chi connectivity index (χ1v) is 21.1. The molecule has 0 saturated carbocycles. The number of nitrogens with zero attached hydrogens (tertiary/aromatic N) is 1. The van der Waals surface area contributed by atoms with E-state index in [1.165, 1.54) is 61.2 Å². The van der Waals surface area contributed by atoms with Crippen molar-refractivity contribution >= 4 is 49.8 Å². The molecule has 1 aromatic heterocycles. The van der Waals surface area contributed by atoms with Crippen LogP contribution < -0.4 is 4.90 Å². The minimum atomic E-state index is -0.447. The molecule has 2 aliphatic carbocycles. The molecule has 284 valence electrons. The minimum Gasteiger partial charge on any atom is -0.456 e. The molecule has 0 aliphatic heterocycles. The van der Waals surface area contributed by atoms with Gasteiger partial charge in [0.2, 0.25) is 0 Å². The lowest BCUT2D eigenvalue weighted by atomic mass is 9.70. The van der Waals surface area contributed by atoms with Crippen LogP contribution in [0.15, 0.2) is 229 Å². The number of hydrogen-bond donors (Lipinski definition) is 0. The first-order chi connectivity index (χ1) is 30.3. The van der Waals surface area contributed by atoms with Crippen LogP contribution in [0.1, 0.15) is 22.3 Å². The van der Waals surface area contributed by atoms with Gasteiger partial charge in [-0.1, -0.05) is 176 Å². The molecular formula is C59H37NO. The topological polar surface area (TPSA) is 16.4 Å². The van der Waals surface area contributed by atoms with Crippen LogP contribution in [0.25, 0.3) is 77.2 Å². The number of anilines is 3. The Morgan fingerprint density at radius 3 is 1.56 bits per heavy atom. The Morgan fingerprint density at radius 1 is 0.328 bits per heavy atom. The van der Waals surface area contributed by atoms with Gasteiger partial charge in [-0.15, -0.1) is 0 Å². The summed E-state index contributed by atoms with van der Waals surface area (Å²) >= 11 is 0. The number of furan rings is 1. The largest absolute Gasteiger partial charge is 0.456 e. The van der Waals surface area contributed by atoms with Crippen molar-refractivity contribution in [3.63, 3.8) is 0 Å². The van der Waals surface area contributed by atoms with Crippen molar-refractivity contribution in [2.75, 3.05) is 4.90 Å². The Morgan fingerprint density at radius 2 is 0.852 bits per heavy atom. The monoisotopic (exact) mass is 775 g/mol. The summed E-state index contributed by atoms with van der Waals surface area (Å²) in [6.45, 7) is 0. The van der Waals surface area contributed by atoms with Crippen molar-refractivity contribution in [3.8, 4) is 44.5 Å². The lowest BCUT2D eigenvalue weighted by molar-refractivity contribution is 0.669. The lowest BCUT2D eigenvalue weighted by Gasteiger charge is -2.32. The molecule has 2 aliphatic rings. The molecular weight excluding hydrogens is 739 g/mol. The predicted molar refractivity (Wildman–Crippen MR) is 253 cm³/mol. The van der Waals surface area contributed by atoms with E-state index in [-0.39, 0.29) is 0 Å². The zero-order chi connectivity index (χ0) is 40.1. The highest BCUT2D eigenvalue weighted by atomic mass is 16.3. The van der Waals surface area contributed by atoms with Crippen LogP contribution >= 0.6 is 0 Å². The van der Waals surface area contributed by atoms with Crippen LogP contribution in [-0.4, -0.2) is 0 Å². The van der Waals surface area contributed by atoms with Crippen molar-refractivity contribution < 1.29 is 4.42 Å². The van der Waals surface area contributed by atoms with Crippen LogP contribution in [0.3, 0.4) is 0 Å². The van der Waals surface area contributed by atoms with Gasteiger partial charge in [-0.2, -0.15) is 0 Å². The Kier molecular flexibility index (Phi) is 7.26. The first-order valence-electron chi connectivity index (χ1n) is 21.1. The standard InChI is InChI=1S/C59H37NO/c1-3-15-38(16-4-1)40-29-32-42(33-30-40)60(53-27-13-22-46-45(53)35-36-55-57(46)48-34-31-41(37-56(48)61-55)39-17-5-2-6-18-39)54-28-14-26-52-58(54)47-21-9-12-25-51(47)59(52)49-23-10-7-19-43(49)44-20-8-11-24-50(44)59/h1-37H. The van der Waals surface area contributed by atoms with Crippen molar-refractivity contribution in [1.82, 2.24) is 0 Å². The fourth-order valence-corrected chi connectivity index (χ4v) is 10.8. The molecule has 0 amide bonds. The van der Waals surface area contributed by atoms with Crippen LogP contribution in [0.2, 0.25) is 0 Å². The second kappa shape index (κ2) is 13.0. The molecule has 1 spiro atoms. The Hall–Kier alpha value is -7.94. The van der Waals surface area contributed by atoms with Gasteiger partial charge in [0.1, 0.15) is 11.2 Å². The highest BCUT2D eigenvalue weighted by Gasteiger charge is 2.52. The van der Waals surface area contributed by atoms with E-state index in [1.54, 1.807) is 0 Å². The maximum Gasteiger partial charge on any atom is 0.136 e. The molecule has 10 aromatic carbocycles. The normalized spacial score (nSPS) is 13.0. The fraction of sp³-hybridized carbons (Fsp3) is 0.0169. The molecule has 0 bridgehead atoms. The Balaban J connectivity index is 1.08. The average Bonchev–Trinajstić information content (AvgIpc) is 3.97. The molecule has 0 radical (unpaired) electrons.